The maximum atomic E-state index is 11.9. The minimum absolute atomic E-state index is 0.239. The van der Waals surface area contributed by atoms with Gasteiger partial charge < -0.3 is 19.8 Å². The summed E-state index contributed by atoms with van der Waals surface area (Å²) < 4.78 is 0. The van der Waals surface area contributed by atoms with E-state index in [1.807, 2.05) is 0 Å². The zero-order chi connectivity index (χ0) is 16.3. The third-order valence-electron chi connectivity index (χ3n) is 3.43. The molecular weight excluding hydrogens is 327 g/mol. The van der Waals surface area contributed by atoms with Crippen LogP contribution in [0.1, 0.15) is 17.5 Å². The Morgan fingerprint density at radius 1 is 0.818 bits per heavy atom. The molecule has 0 aliphatic rings. The van der Waals surface area contributed by atoms with Crippen LogP contribution >= 0.6 is 23.2 Å². The Bertz CT molecular complexity index is 648. The van der Waals surface area contributed by atoms with Crippen molar-refractivity contribution in [3.8, 4) is 0 Å². The van der Waals surface area contributed by atoms with Crippen LogP contribution in [0.15, 0.2) is 48.5 Å². The molecule has 0 heterocycles. The summed E-state index contributed by atoms with van der Waals surface area (Å²) in [7, 11) is 0. The maximum Gasteiger partial charge on any atom is 0.0649 e. The lowest BCUT2D eigenvalue weighted by Crippen LogP contribution is -2.50. The summed E-state index contributed by atoms with van der Waals surface area (Å²) in [6, 6.07) is 11.8. The summed E-state index contributed by atoms with van der Waals surface area (Å²) in [5.74, 6) is -3.05. The molecule has 0 amide bonds. The van der Waals surface area contributed by atoms with Gasteiger partial charge >= 0.3 is 0 Å². The van der Waals surface area contributed by atoms with Gasteiger partial charge in [0, 0.05) is 22.4 Å². The van der Waals surface area contributed by atoms with Crippen LogP contribution in [0.4, 0.5) is 0 Å². The molecule has 0 fully saturated rings. The predicted octanol–water partition coefficient (Wildman–Crippen LogP) is 1.17. The molecule has 0 unspecified atom stereocenters. The zero-order valence-electron chi connectivity index (χ0n) is 11.2. The van der Waals surface area contributed by atoms with Gasteiger partial charge in [-0.3, -0.25) is 0 Å². The lowest BCUT2D eigenvalue weighted by molar-refractivity contribution is -0.321. The number of hydrogen-bond donors (Lipinski definition) is 0. The molecule has 2 aromatic carbocycles. The van der Waals surface area contributed by atoms with Crippen molar-refractivity contribution in [2.45, 2.75) is 11.8 Å². The van der Waals surface area contributed by atoms with E-state index in [0.29, 0.717) is 10.0 Å². The van der Waals surface area contributed by atoms with Gasteiger partial charge in [0.1, 0.15) is 0 Å². The van der Waals surface area contributed by atoms with Gasteiger partial charge in [-0.1, -0.05) is 47.5 Å². The Balaban J connectivity index is 2.70. The molecule has 2 rings (SSSR count). The maximum absolute atomic E-state index is 11.9. The largest absolute Gasteiger partial charge is 0.550 e. The van der Waals surface area contributed by atoms with Crippen molar-refractivity contribution in [3.63, 3.8) is 0 Å². The van der Waals surface area contributed by atoms with Crippen molar-refractivity contribution in [2.24, 2.45) is 0 Å². The van der Waals surface area contributed by atoms with Gasteiger partial charge in [-0.05, 0) is 35.4 Å². The van der Waals surface area contributed by atoms with Crippen molar-refractivity contribution >= 4 is 35.1 Å². The van der Waals surface area contributed by atoms with E-state index in [-0.39, 0.29) is 11.1 Å². The van der Waals surface area contributed by atoms with Gasteiger partial charge in [0.15, 0.2) is 0 Å². The number of carboxylic acid groups (broad SMARTS) is 2. The fourth-order valence-electron chi connectivity index (χ4n) is 2.36. The predicted molar refractivity (Wildman–Crippen MR) is 78.3 cm³/mol. The molecule has 0 spiro atoms. The van der Waals surface area contributed by atoms with E-state index in [1.165, 1.54) is 48.5 Å². The third-order valence-corrected chi connectivity index (χ3v) is 3.94. The topological polar surface area (TPSA) is 80.3 Å². The van der Waals surface area contributed by atoms with Crippen LogP contribution in [0.3, 0.4) is 0 Å². The second-order valence-electron chi connectivity index (χ2n) is 4.76. The highest BCUT2D eigenvalue weighted by Gasteiger charge is 2.36. The molecule has 0 saturated heterocycles. The SMILES string of the molecule is O=C([O-])CC(C(=O)[O-])(c1ccc(Cl)cc1)c1ccc(Cl)cc1. The Morgan fingerprint density at radius 3 is 1.45 bits per heavy atom. The minimum Gasteiger partial charge on any atom is -0.550 e. The van der Waals surface area contributed by atoms with Crippen LogP contribution in [0, 0.1) is 0 Å². The van der Waals surface area contributed by atoms with E-state index in [9.17, 15) is 19.8 Å². The van der Waals surface area contributed by atoms with Crippen LogP contribution < -0.4 is 10.2 Å². The number of carbonyl (C=O) groups is 2. The van der Waals surface area contributed by atoms with Gasteiger partial charge in [0.2, 0.25) is 0 Å². The first-order valence-electron chi connectivity index (χ1n) is 6.29. The molecule has 0 aliphatic carbocycles. The van der Waals surface area contributed by atoms with Gasteiger partial charge in [-0.15, -0.1) is 0 Å². The molecule has 114 valence electrons. The second-order valence-corrected chi connectivity index (χ2v) is 5.63. The number of rotatable bonds is 5. The first kappa shape index (κ1) is 16.3. The summed E-state index contributed by atoms with van der Waals surface area (Å²) in [6.45, 7) is 0. The van der Waals surface area contributed by atoms with E-state index in [4.69, 9.17) is 23.2 Å². The molecule has 0 atom stereocenters. The van der Waals surface area contributed by atoms with Crippen LogP contribution in [0.2, 0.25) is 10.0 Å². The normalized spacial score (nSPS) is 11.2. The minimum atomic E-state index is -1.88. The van der Waals surface area contributed by atoms with Gasteiger partial charge in [0.05, 0.1) is 11.4 Å². The molecular formula is C16H10Cl2O4-2. The Labute approximate surface area is 136 Å². The van der Waals surface area contributed by atoms with Crippen molar-refractivity contribution in [3.05, 3.63) is 69.7 Å². The van der Waals surface area contributed by atoms with E-state index in [1.54, 1.807) is 0 Å². The molecule has 2 aromatic rings. The van der Waals surface area contributed by atoms with Crippen LogP contribution in [-0.4, -0.2) is 11.9 Å². The molecule has 0 aromatic heterocycles. The lowest BCUT2D eigenvalue weighted by atomic mass is 9.72. The van der Waals surface area contributed by atoms with Gasteiger partial charge in [-0.2, -0.15) is 0 Å². The number of benzene rings is 2. The van der Waals surface area contributed by atoms with Crippen LogP contribution in [0.5, 0.6) is 0 Å². The van der Waals surface area contributed by atoms with E-state index < -0.39 is 23.8 Å². The summed E-state index contributed by atoms with van der Waals surface area (Å²) in [5, 5.41) is 23.8. The standard InChI is InChI=1S/C16H12Cl2O4/c17-12-5-1-10(2-6-12)16(15(21)22,9-14(19)20)11-3-7-13(18)8-4-11/h1-8H,9H2,(H,19,20)(H,21,22)/p-2. The lowest BCUT2D eigenvalue weighted by Gasteiger charge is -2.36. The summed E-state index contributed by atoms with van der Waals surface area (Å²) in [6.07, 6.45) is -0.765. The number of carbonyl (C=O) groups excluding carboxylic acids is 2. The fraction of sp³-hybridized carbons (Fsp3) is 0.125. The average Bonchev–Trinajstić information content (AvgIpc) is 2.46. The number of carboxylic acids is 2. The van der Waals surface area contributed by atoms with Crippen molar-refractivity contribution < 1.29 is 19.8 Å². The van der Waals surface area contributed by atoms with E-state index >= 15 is 0 Å². The highest BCUT2D eigenvalue weighted by molar-refractivity contribution is 6.30. The smallest absolute Gasteiger partial charge is 0.0649 e. The second kappa shape index (κ2) is 6.38. The molecule has 0 aliphatic heterocycles. The molecule has 0 radical (unpaired) electrons. The first-order chi connectivity index (χ1) is 10.4. The highest BCUT2D eigenvalue weighted by Crippen LogP contribution is 2.36. The number of aliphatic carboxylic acids is 2. The molecule has 0 saturated carbocycles. The van der Waals surface area contributed by atoms with Crippen LogP contribution in [-0.2, 0) is 15.0 Å². The zero-order valence-corrected chi connectivity index (χ0v) is 12.7. The Kier molecular flexibility index (Phi) is 4.74. The van der Waals surface area contributed by atoms with Crippen molar-refractivity contribution in [1.82, 2.24) is 0 Å². The molecule has 22 heavy (non-hydrogen) atoms. The van der Waals surface area contributed by atoms with Crippen molar-refractivity contribution in [2.75, 3.05) is 0 Å². The fourth-order valence-corrected chi connectivity index (χ4v) is 2.62. The Morgan fingerprint density at radius 2 is 1.18 bits per heavy atom. The molecule has 0 bridgehead atoms. The van der Waals surface area contributed by atoms with Crippen molar-refractivity contribution in [1.29, 1.82) is 0 Å². The summed E-state index contributed by atoms with van der Waals surface area (Å²) >= 11 is 11.6. The molecule has 0 N–H and O–H groups in total. The summed E-state index contributed by atoms with van der Waals surface area (Å²) in [5.41, 5.74) is -1.40. The van der Waals surface area contributed by atoms with E-state index in [0.717, 1.165) is 0 Å². The first-order valence-corrected chi connectivity index (χ1v) is 7.05. The van der Waals surface area contributed by atoms with E-state index in [2.05, 4.69) is 0 Å². The van der Waals surface area contributed by atoms with Crippen LogP contribution in [0.25, 0.3) is 0 Å². The molecule has 4 nitrogen and oxygen atoms in total. The number of halogens is 2. The van der Waals surface area contributed by atoms with Gasteiger partial charge in [-0.25, -0.2) is 0 Å². The molecule has 6 heteroatoms. The Hall–Kier alpha value is -2.04. The number of hydrogen-bond acceptors (Lipinski definition) is 4. The third kappa shape index (κ3) is 3.08. The monoisotopic (exact) mass is 336 g/mol. The average molecular weight is 337 g/mol. The quantitative estimate of drug-likeness (QED) is 0.820. The summed E-state index contributed by atoms with van der Waals surface area (Å²) in [4.78, 5) is 23.0. The highest BCUT2D eigenvalue weighted by atomic mass is 35.5. The van der Waals surface area contributed by atoms with Gasteiger partial charge in [0.25, 0.3) is 0 Å².